The summed E-state index contributed by atoms with van der Waals surface area (Å²) in [5.41, 5.74) is 0. The van der Waals surface area contributed by atoms with Crippen molar-refractivity contribution in [3.8, 4) is 0 Å². The van der Waals surface area contributed by atoms with Gasteiger partial charge in [0.05, 0.1) is 0 Å². The molecular weight excluding hydrogens is 172 g/mol. The first-order chi connectivity index (χ1) is 6.84. The average molecular weight is 196 g/mol. The summed E-state index contributed by atoms with van der Waals surface area (Å²) in [5.74, 6) is 0. The molecule has 0 aliphatic carbocycles. The predicted molar refractivity (Wildman–Crippen MR) is 62.6 cm³/mol. The molecule has 0 aromatic rings. The molecule has 14 heavy (non-hydrogen) atoms. The molecular formula is C12H24N2. The van der Waals surface area contributed by atoms with E-state index in [1.807, 2.05) is 0 Å². The lowest BCUT2D eigenvalue weighted by molar-refractivity contribution is 0.215. The molecule has 0 radical (unpaired) electrons. The normalized spacial score (nSPS) is 19.9. The SMILES string of the molecule is CCNCCCC(C)N1CC=CCC1. The maximum atomic E-state index is 3.37. The van der Waals surface area contributed by atoms with Gasteiger partial charge in [0.15, 0.2) is 0 Å². The summed E-state index contributed by atoms with van der Waals surface area (Å²) >= 11 is 0. The maximum Gasteiger partial charge on any atom is 0.0166 e. The second-order valence-electron chi connectivity index (χ2n) is 4.10. The van der Waals surface area contributed by atoms with E-state index >= 15 is 0 Å². The summed E-state index contributed by atoms with van der Waals surface area (Å²) in [5, 5.41) is 3.37. The van der Waals surface area contributed by atoms with Crippen LogP contribution in [0, 0.1) is 0 Å². The molecule has 1 aliphatic rings. The van der Waals surface area contributed by atoms with Crippen LogP contribution in [0.15, 0.2) is 12.2 Å². The molecule has 1 atom stereocenters. The topological polar surface area (TPSA) is 15.3 Å². The Hall–Kier alpha value is -0.340. The van der Waals surface area contributed by atoms with Gasteiger partial charge in [0.1, 0.15) is 0 Å². The van der Waals surface area contributed by atoms with Gasteiger partial charge in [-0.3, -0.25) is 4.90 Å². The molecule has 0 spiro atoms. The Kier molecular flexibility index (Phi) is 5.88. The molecule has 0 bridgehead atoms. The summed E-state index contributed by atoms with van der Waals surface area (Å²) in [6.45, 7) is 9.19. The Morgan fingerprint density at radius 3 is 2.93 bits per heavy atom. The van der Waals surface area contributed by atoms with Gasteiger partial charge >= 0.3 is 0 Å². The molecule has 1 aliphatic heterocycles. The van der Waals surface area contributed by atoms with Crippen molar-refractivity contribution in [2.24, 2.45) is 0 Å². The minimum absolute atomic E-state index is 0.749. The highest BCUT2D eigenvalue weighted by atomic mass is 15.1. The van der Waals surface area contributed by atoms with Crippen molar-refractivity contribution in [2.75, 3.05) is 26.2 Å². The zero-order valence-corrected chi connectivity index (χ0v) is 9.63. The number of rotatable bonds is 6. The number of nitrogens with zero attached hydrogens (tertiary/aromatic N) is 1. The highest BCUT2D eigenvalue weighted by Gasteiger charge is 2.12. The molecule has 0 amide bonds. The van der Waals surface area contributed by atoms with Crippen LogP contribution in [-0.2, 0) is 0 Å². The van der Waals surface area contributed by atoms with Gasteiger partial charge in [0.2, 0.25) is 0 Å². The first-order valence-electron chi connectivity index (χ1n) is 5.94. The standard InChI is InChI=1S/C12H24N2/c1-3-13-9-7-8-12(2)14-10-5-4-6-11-14/h4-5,12-13H,3,6-11H2,1-2H3. The molecule has 0 aromatic heterocycles. The fraction of sp³-hybridized carbons (Fsp3) is 0.833. The summed E-state index contributed by atoms with van der Waals surface area (Å²) in [7, 11) is 0. The van der Waals surface area contributed by atoms with E-state index in [1.54, 1.807) is 0 Å². The Morgan fingerprint density at radius 1 is 1.43 bits per heavy atom. The molecule has 82 valence electrons. The third kappa shape index (κ3) is 4.25. The summed E-state index contributed by atoms with van der Waals surface area (Å²) in [6, 6.07) is 0.749. The van der Waals surface area contributed by atoms with Crippen molar-refractivity contribution >= 4 is 0 Å². The smallest absolute Gasteiger partial charge is 0.0166 e. The second kappa shape index (κ2) is 7.02. The Bertz CT molecular complexity index is 166. The fourth-order valence-corrected chi connectivity index (χ4v) is 1.94. The van der Waals surface area contributed by atoms with E-state index in [0.717, 1.165) is 19.1 Å². The lowest BCUT2D eigenvalue weighted by Crippen LogP contribution is -2.36. The molecule has 1 heterocycles. The zero-order chi connectivity index (χ0) is 10.2. The lowest BCUT2D eigenvalue weighted by atomic mass is 10.1. The van der Waals surface area contributed by atoms with Crippen molar-refractivity contribution in [1.29, 1.82) is 0 Å². The van der Waals surface area contributed by atoms with E-state index in [0.29, 0.717) is 0 Å². The molecule has 1 unspecified atom stereocenters. The van der Waals surface area contributed by atoms with Crippen LogP contribution < -0.4 is 5.32 Å². The second-order valence-corrected chi connectivity index (χ2v) is 4.10. The van der Waals surface area contributed by atoms with Crippen LogP contribution in [0.3, 0.4) is 0 Å². The molecule has 0 saturated carbocycles. The predicted octanol–water partition coefficient (Wildman–Crippen LogP) is 2.03. The molecule has 0 fully saturated rings. The zero-order valence-electron chi connectivity index (χ0n) is 9.63. The molecule has 2 heteroatoms. The van der Waals surface area contributed by atoms with Gasteiger partial charge in [-0.2, -0.15) is 0 Å². The molecule has 1 N–H and O–H groups in total. The van der Waals surface area contributed by atoms with Gasteiger partial charge in [-0.05, 0) is 39.3 Å². The lowest BCUT2D eigenvalue weighted by Gasteiger charge is -2.29. The van der Waals surface area contributed by atoms with Crippen LogP contribution in [-0.4, -0.2) is 37.1 Å². The van der Waals surface area contributed by atoms with Gasteiger partial charge in [-0.1, -0.05) is 19.1 Å². The molecule has 0 aromatic carbocycles. The highest BCUT2D eigenvalue weighted by molar-refractivity contribution is 4.92. The minimum atomic E-state index is 0.749. The van der Waals surface area contributed by atoms with Crippen LogP contribution in [0.2, 0.25) is 0 Å². The monoisotopic (exact) mass is 196 g/mol. The van der Waals surface area contributed by atoms with Crippen molar-refractivity contribution in [1.82, 2.24) is 10.2 Å². The van der Waals surface area contributed by atoms with Gasteiger partial charge in [0.25, 0.3) is 0 Å². The number of nitrogens with one attached hydrogen (secondary N) is 1. The average Bonchev–Trinajstić information content (AvgIpc) is 2.25. The Labute approximate surface area is 88.4 Å². The molecule has 1 rings (SSSR count). The fourth-order valence-electron chi connectivity index (χ4n) is 1.94. The van der Waals surface area contributed by atoms with Gasteiger partial charge in [0, 0.05) is 19.1 Å². The van der Waals surface area contributed by atoms with E-state index in [4.69, 9.17) is 0 Å². The Morgan fingerprint density at radius 2 is 2.29 bits per heavy atom. The van der Waals surface area contributed by atoms with E-state index in [-0.39, 0.29) is 0 Å². The van der Waals surface area contributed by atoms with Crippen molar-refractivity contribution in [2.45, 2.75) is 39.2 Å². The highest BCUT2D eigenvalue weighted by Crippen LogP contribution is 2.10. The molecule has 2 nitrogen and oxygen atoms in total. The first-order valence-corrected chi connectivity index (χ1v) is 5.94. The van der Waals surface area contributed by atoms with Gasteiger partial charge in [-0.25, -0.2) is 0 Å². The van der Waals surface area contributed by atoms with Crippen molar-refractivity contribution in [3.63, 3.8) is 0 Å². The number of hydrogen-bond donors (Lipinski definition) is 1. The van der Waals surface area contributed by atoms with Crippen LogP contribution in [0.1, 0.15) is 33.1 Å². The third-order valence-electron chi connectivity index (χ3n) is 2.94. The van der Waals surface area contributed by atoms with E-state index in [2.05, 4.69) is 36.2 Å². The van der Waals surface area contributed by atoms with Gasteiger partial charge in [-0.15, -0.1) is 0 Å². The van der Waals surface area contributed by atoms with E-state index in [1.165, 1.54) is 32.4 Å². The Balaban J connectivity index is 2.08. The largest absolute Gasteiger partial charge is 0.317 e. The first kappa shape index (κ1) is 11.7. The quantitative estimate of drug-likeness (QED) is 0.516. The van der Waals surface area contributed by atoms with Crippen molar-refractivity contribution in [3.05, 3.63) is 12.2 Å². The summed E-state index contributed by atoms with van der Waals surface area (Å²) in [4.78, 5) is 2.58. The van der Waals surface area contributed by atoms with E-state index in [9.17, 15) is 0 Å². The minimum Gasteiger partial charge on any atom is -0.317 e. The van der Waals surface area contributed by atoms with Crippen LogP contribution in [0.4, 0.5) is 0 Å². The molecule has 0 saturated heterocycles. The summed E-state index contributed by atoms with van der Waals surface area (Å²) in [6.07, 6.45) is 8.44. The van der Waals surface area contributed by atoms with E-state index < -0.39 is 0 Å². The van der Waals surface area contributed by atoms with Crippen molar-refractivity contribution < 1.29 is 0 Å². The number of hydrogen-bond acceptors (Lipinski definition) is 2. The van der Waals surface area contributed by atoms with Crippen LogP contribution >= 0.6 is 0 Å². The third-order valence-corrected chi connectivity index (χ3v) is 2.94. The van der Waals surface area contributed by atoms with Crippen LogP contribution in [0.25, 0.3) is 0 Å². The van der Waals surface area contributed by atoms with Crippen LogP contribution in [0.5, 0.6) is 0 Å². The maximum absolute atomic E-state index is 3.37. The van der Waals surface area contributed by atoms with Gasteiger partial charge < -0.3 is 5.32 Å². The summed E-state index contributed by atoms with van der Waals surface area (Å²) < 4.78 is 0.